The van der Waals surface area contributed by atoms with Gasteiger partial charge in [-0.2, -0.15) is 4.98 Å². The Balaban J connectivity index is 2.23. The zero-order valence-electron chi connectivity index (χ0n) is 11.1. The summed E-state index contributed by atoms with van der Waals surface area (Å²) in [5, 5.41) is 3.08. The number of benzene rings is 1. The molecule has 100 valence electrons. The van der Waals surface area contributed by atoms with E-state index in [1.54, 1.807) is 0 Å². The van der Waals surface area contributed by atoms with E-state index in [0.717, 1.165) is 12.1 Å². The largest absolute Gasteiger partial charge is 0.439 e. The highest BCUT2D eigenvalue weighted by Gasteiger charge is 2.03. The van der Waals surface area contributed by atoms with Gasteiger partial charge >= 0.3 is 0 Å². The molecule has 0 amide bonds. The lowest BCUT2D eigenvalue weighted by Gasteiger charge is -2.07. The van der Waals surface area contributed by atoms with Crippen LogP contribution in [0.5, 0.6) is 11.6 Å². The van der Waals surface area contributed by atoms with Crippen molar-refractivity contribution in [2.75, 3.05) is 7.05 Å². The third-order valence-corrected chi connectivity index (χ3v) is 2.60. The van der Waals surface area contributed by atoms with Crippen molar-refractivity contribution in [2.45, 2.75) is 19.9 Å². The van der Waals surface area contributed by atoms with Crippen LogP contribution >= 0.6 is 0 Å². The van der Waals surface area contributed by atoms with Crippen LogP contribution in [0, 0.1) is 0 Å². The zero-order chi connectivity index (χ0) is 13.7. The van der Waals surface area contributed by atoms with E-state index in [1.165, 1.54) is 6.07 Å². The monoisotopic (exact) mass is 259 g/mol. The first-order valence-electron chi connectivity index (χ1n) is 6.23. The molecule has 0 aliphatic heterocycles. The molecule has 1 aromatic heterocycles. The molecule has 5 heteroatoms. The molecule has 0 bridgehead atoms. The fourth-order valence-corrected chi connectivity index (χ4v) is 1.75. The lowest BCUT2D eigenvalue weighted by atomic mass is 10.2. The number of aryl methyl sites for hydroxylation is 1. The molecule has 0 saturated heterocycles. The molecular weight excluding hydrogens is 242 g/mol. The Bertz CT molecular complexity index is 608. The molecule has 0 atom stereocenters. The van der Waals surface area contributed by atoms with Gasteiger partial charge in [0.2, 0.25) is 5.88 Å². The van der Waals surface area contributed by atoms with Crippen LogP contribution in [0.2, 0.25) is 0 Å². The van der Waals surface area contributed by atoms with Crippen LogP contribution < -0.4 is 15.6 Å². The molecule has 19 heavy (non-hydrogen) atoms. The van der Waals surface area contributed by atoms with Crippen molar-refractivity contribution in [3.63, 3.8) is 0 Å². The number of rotatable bonds is 5. The molecule has 0 aliphatic carbocycles. The number of hydrogen-bond donors (Lipinski definition) is 2. The Morgan fingerprint density at radius 3 is 2.95 bits per heavy atom. The first kappa shape index (κ1) is 13.3. The highest BCUT2D eigenvalue weighted by Crippen LogP contribution is 2.19. The summed E-state index contributed by atoms with van der Waals surface area (Å²) in [5.74, 6) is 1.61. The first-order valence-corrected chi connectivity index (χ1v) is 6.23. The summed E-state index contributed by atoms with van der Waals surface area (Å²) in [6.07, 6.45) is 0.659. The molecule has 0 radical (unpaired) electrons. The minimum absolute atomic E-state index is 0.201. The van der Waals surface area contributed by atoms with E-state index in [-0.39, 0.29) is 5.56 Å². The summed E-state index contributed by atoms with van der Waals surface area (Å²) >= 11 is 0. The highest BCUT2D eigenvalue weighted by atomic mass is 16.5. The molecule has 0 fully saturated rings. The quantitative estimate of drug-likeness (QED) is 0.860. The Morgan fingerprint density at radius 2 is 2.21 bits per heavy atom. The van der Waals surface area contributed by atoms with Crippen LogP contribution in [0.4, 0.5) is 0 Å². The van der Waals surface area contributed by atoms with Gasteiger partial charge in [-0.15, -0.1) is 0 Å². The highest BCUT2D eigenvalue weighted by molar-refractivity contribution is 5.31. The lowest BCUT2D eigenvalue weighted by molar-refractivity contribution is 0.457. The van der Waals surface area contributed by atoms with Crippen LogP contribution in [0.3, 0.4) is 0 Å². The molecule has 0 aliphatic rings. The molecule has 0 spiro atoms. The minimum atomic E-state index is -0.201. The van der Waals surface area contributed by atoms with Crippen LogP contribution in [0.25, 0.3) is 0 Å². The molecule has 1 aromatic carbocycles. The molecule has 2 rings (SSSR count). The van der Waals surface area contributed by atoms with Gasteiger partial charge in [-0.1, -0.05) is 19.1 Å². The van der Waals surface area contributed by atoms with E-state index in [4.69, 9.17) is 4.74 Å². The maximum Gasteiger partial charge on any atom is 0.254 e. The number of nitrogens with zero attached hydrogens (tertiary/aromatic N) is 1. The standard InChI is InChI=1S/C14H17N3O2/c1-3-12-16-13(18)8-14(17-12)19-11-6-4-5-10(7-11)9-15-2/h4-8,15H,3,9H2,1-2H3,(H,16,17,18). The number of nitrogens with one attached hydrogen (secondary N) is 2. The Kier molecular flexibility index (Phi) is 4.30. The molecular formula is C14H17N3O2. The maximum absolute atomic E-state index is 11.4. The van der Waals surface area contributed by atoms with Crippen LogP contribution in [-0.2, 0) is 13.0 Å². The van der Waals surface area contributed by atoms with Gasteiger partial charge in [0.1, 0.15) is 11.6 Å². The predicted molar refractivity (Wildman–Crippen MR) is 73.5 cm³/mol. The SMILES string of the molecule is CCc1nc(Oc2cccc(CNC)c2)cc(=O)[nH]1. The average molecular weight is 259 g/mol. The molecule has 0 unspecified atom stereocenters. The van der Waals surface area contributed by atoms with Crippen molar-refractivity contribution < 1.29 is 4.74 Å². The Hall–Kier alpha value is -2.14. The number of ether oxygens (including phenoxy) is 1. The fraction of sp³-hybridized carbons (Fsp3) is 0.286. The summed E-state index contributed by atoms with van der Waals surface area (Å²) in [7, 11) is 1.89. The second-order valence-electron chi connectivity index (χ2n) is 4.16. The third-order valence-electron chi connectivity index (χ3n) is 2.60. The fourth-order valence-electron chi connectivity index (χ4n) is 1.75. The Morgan fingerprint density at radius 1 is 1.37 bits per heavy atom. The van der Waals surface area contributed by atoms with Gasteiger partial charge in [0.15, 0.2) is 0 Å². The summed E-state index contributed by atoms with van der Waals surface area (Å²) < 4.78 is 5.63. The summed E-state index contributed by atoms with van der Waals surface area (Å²) in [5.41, 5.74) is 0.911. The van der Waals surface area contributed by atoms with Crippen LogP contribution in [0.1, 0.15) is 18.3 Å². The van der Waals surface area contributed by atoms with Crippen molar-refractivity contribution in [2.24, 2.45) is 0 Å². The van der Waals surface area contributed by atoms with Gasteiger partial charge in [0.25, 0.3) is 5.56 Å². The number of H-pyrrole nitrogens is 1. The van der Waals surface area contributed by atoms with Crippen molar-refractivity contribution in [3.8, 4) is 11.6 Å². The summed E-state index contributed by atoms with van der Waals surface area (Å²) in [4.78, 5) is 18.3. The maximum atomic E-state index is 11.4. The smallest absolute Gasteiger partial charge is 0.254 e. The molecule has 5 nitrogen and oxygen atoms in total. The van der Waals surface area contributed by atoms with Gasteiger partial charge in [0, 0.05) is 13.0 Å². The Labute approximate surface area is 111 Å². The molecule has 1 heterocycles. The van der Waals surface area contributed by atoms with Crippen molar-refractivity contribution >= 4 is 0 Å². The second kappa shape index (κ2) is 6.15. The predicted octanol–water partition coefficient (Wildman–Crippen LogP) is 1.84. The van der Waals surface area contributed by atoms with Gasteiger partial charge < -0.3 is 15.0 Å². The molecule has 0 saturated carbocycles. The number of aromatic amines is 1. The first-order chi connectivity index (χ1) is 9.21. The van der Waals surface area contributed by atoms with Gasteiger partial charge in [0.05, 0.1) is 6.07 Å². The number of aromatic nitrogens is 2. The molecule has 2 N–H and O–H groups in total. The third kappa shape index (κ3) is 3.66. The summed E-state index contributed by atoms with van der Waals surface area (Å²) in [6.45, 7) is 2.69. The van der Waals surface area contributed by atoms with Crippen LogP contribution in [-0.4, -0.2) is 17.0 Å². The van der Waals surface area contributed by atoms with E-state index < -0.39 is 0 Å². The van der Waals surface area contributed by atoms with Gasteiger partial charge in [-0.3, -0.25) is 4.79 Å². The average Bonchev–Trinajstić information content (AvgIpc) is 2.39. The van der Waals surface area contributed by atoms with E-state index in [1.807, 2.05) is 38.2 Å². The van der Waals surface area contributed by atoms with E-state index in [2.05, 4.69) is 15.3 Å². The van der Waals surface area contributed by atoms with Crippen molar-refractivity contribution in [3.05, 3.63) is 52.1 Å². The minimum Gasteiger partial charge on any atom is -0.439 e. The topological polar surface area (TPSA) is 67.0 Å². The lowest BCUT2D eigenvalue weighted by Crippen LogP contribution is -2.10. The van der Waals surface area contributed by atoms with E-state index in [0.29, 0.717) is 23.9 Å². The van der Waals surface area contributed by atoms with E-state index in [9.17, 15) is 4.79 Å². The summed E-state index contributed by atoms with van der Waals surface area (Å²) in [6, 6.07) is 9.03. The van der Waals surface area contributed by atoms with Gasteiger partial charge in [-0.25, -0.2) is 0 Å². The second-order valence-corrected chi connectivity index (χ2v) is 4.16. The van der Waals surface area contributed by atoms with Crippen molar-refractivity contribution in [1.29, 1.82) is 0 Å². The van der Waals surface area contributed by atoms with Crippen molar-refractivity contribution in [1.82, 2.24) is 15.3 Å². The molecule has 2 aromatic rings. The van der Waals surface area contributed by atoms with E-state index >= 15 is 0 Å². The normalized spacial score (nSPS) is 10.4. The number of hydrogen-bond acceptors (Lipinski definition) is 4. The zero-order valence-corrected chi connectivity index (χ0v) is 11.1. The van der Waals surface area contributed by atoms with Gasteiger partial charge in [-0.05, 0) is 24.7 Å². The van der Waals surface area contributed by atoms with Crippen LogP contribution in [0.15, 0.2) is 35.1 Å².